The van der Waals surface area contributed by atoms with Crippen LogP contribution >= 0.6 is 0 Å². The number of ether oxygens (including phenoxy) is 1. The van der Waals surface area contributed by atoms with Gasteiger partial charge in [0.2, 0.25) is 0 Å². The summed E-state index contributed by atoms with van der Waals surface area (Å²) >= 11 is 0. The number of hydrogen-bond donors (Lipinski definition) is 1. The van der Waals surface area contributed by atoms with Gasteiger partial charge in [0, 0.05) is 13.1 Å². The minimum atomic E-state index is -0.482. The number of carbonyl (C=O) groups is 1. The lowest BCUT2D eigenvalue weighted by molar-refractivity contribution is -0.153. The molecule has 3 heteroatoms. The molecule has 0 spiro atoms. The molecule has 20 heavy (non-hydrogen) atoms. The molecule has 110 valence electrons. The van der Waals surface area contributed by atoms with Crippen LogP contribution in [0, 0.1) is 5.41 Å². The highest BCUT2D eigenvalue weighted by Gasteiger charge is 2.28. The molecule has 1 aromatic carbocycles. The van der Waals surface area contributed by atoms with Crippen LogP contribution in [0.3, 0.4) is 0 Å². The van der Waals surface area contributed by atoms with Gasteiger partial charge >= 0.3 is 5.97 Å². The van der Waals surface area contributed by atoms with E-state index in [4.69, 9.17) is 4.74 Å². The highest BCUT2D eigenvalue weighted by molar-refractivity contribution is 5.76. The fourth-order valence-electron chi connectivity index (χ4n) is 2.24. The van der Waals surface area contributed by atoms with Crippen molar-refractivity contribution in [2.24, 2.45) is 5.41 Å². The Morgan fingerprint density at radius 2 is 1.95 bits per heavy atom. The van der Waals surface area contributed by atoms with Gasteiger partial charge in [-0.3, -0.25) is 4.79 Å². The molecule has 1 saturated carbocycles. The van der Waals surface area contributed by atoms with Crippen molar-refractivity contribution in [1.29, 1.82) is 0 Å². The Bertz CT molecular complexity index is 447. The Morgan fingerprint density at radius 1 is 1.30 bits per heavy atom. The topological polar surface area (TPSA) is 38.3 Å². The highest BCUT2D eigenvalue weighted by atomic mass is 16.5. The second-order valence-corrected chi connectivity index (χ2v) is 6.22. The van der Waals surface area contributed by atoms with Crippen LogP contribution in [0.25, 0.3) is 0 Å². The third kappa shape index (κ3) is 4.07. The summed E-state index contributed by atoms with van der Waals surface area (Å²) in [6.07, 6.45) is 2.68. The molecule has 0 radical (unpaired) electrons. The van der Waals surface area contributed by atoms with E-state index in [0.717, 1.165) is 12.5 Å². The smallest absolute Gasteiger partial charge is 0.312 e. The predicted octanol–water partition coefficient (Wildman–Crippen LogP) is 3.24. The number of nitrogens with one attached hydrogen (secondary N) is 1. The van der Waals surface area contributed by atoms with Crippen molar-refractivity contribution in [2.45, 2.75) is 46.1 Å². The third-order valence-electron chi connectivity index (χ3n) is 3.75. The third-order valence-corrected chi connectivity index (χ3v) is 3.75. The first-order valence-electron chi connectivity index (χ1n) is 7.49. The molecule has 0 unspecified atom stereocenters. The zero-order valence-corrected chi connectivity index (χ0v) is 12.7. The summed E-state index contributed by atoms with van der Waals surface area (Å²) in [5.74, 6) is 0.663. The number of rotatable bonds is 7. The first-order chi connectivity index (χ1) is 9.53. The second kappa shape index (κ2) is 6.40. The van der Waals surface area contributed by atoms with Gasteiger partial charge in [0.1, 0.15) is 0 Å². The van der Waals surface area contributed by atoms with Crippen LogP contribution in [-0.2, 0) is 16.1 Å². The monoisotopic (exact) mass is 275 g/mol. The molecule has 3 nitrogen and oxygen atoms in total. The number of esters is 1. The molecular weight excluding hydrogens is 250 g/mol. The molecule has 0 saturated heterocycles. The molecule has 0 atom stereocenters. The van der Waals surface area contributed by atoms with Gasteiger partial charge in [-0.05, 0) is 50.7 Å². The van der Waals surface area contributed by atoms with Crippen molar-refractivity contribution >= 4 is 5.97 Å². The lowest BCUT2D eigenvalue weighted by Gasteiger charge is -2.22. The van der Waals surface area contributed by atoms with E-state index in [9.17, 15) is 4.79 Å². The summed E-state index contributed by atoms with van der Waals surface area (Å²) in [5.41, 5.74) is 2.24. The number of hydrogen-bond acceptors (Lipinski definition) is 3. The molecule has 1 aliphatic rings. The molecule has 0 amide bonds. The average molecular weight is 275 g/mol. The van der Waals surface area contributed by atoms with Crippen LogP contribution in [0.2, 0.25) is 0 Å². The Hall–Kier alpha value is -1.35. The van der Waals surface area contributed by atoms with Gasteiger partial charge in [-0.25, -0.2) is 0 Å². The Morgan fingerprint density at radius 3 is 2.50 bits per heavy atom. The summed E-state index contributed by atoms with van der Waals surface area (Å²) in [7, 11) is 0. The summed E-state index contributed by atoms with van der Waals surface area (Å²) in [5, 5.41) is 3.34. The van der Waals surface area contributed by atoms with Gasteiger partial charge < -0.3 is 10.1 Å². The molecule has 0 heterocycles. The van der Waals surface area contributed by atoms with E-state index in [1.807, 2.05) is 20.8 Å². The maximum atomic E-state index is 11.8. The minimum Gasteiger partial charge on any atom is -0.466 e. The summed E-state index contributed by atoms with van der Waals surface area (Å²) in [6, 6.07) is 8.81. The number of benzene rings is 1. The normalized spacial score (nSPS) is 15.2. The van der Waals surface area contributed by atoms with Crippen LogP contribution in [-0.4, -0.2) is 19.1 Å². The Kier molecular flexibility index (Phi) is 4.81. The van der Waals surface area contributed by atoms with E-state index in [1.165, 1.54) is 24.0 Å². The highest BCUT2D eigenvalue weighted by Crippen LogP contribution is 2.39. The maximum absolute atomic E-state index is 11.8. The zero-order valence-electron chi connectivity index (χ0n) is 12.7. The molecule has 1 fully saturated rings. The van der Waals surface area contributed by atoms with Gasteiger partial charge in [0.05, 0.1) is 12.0 Å². The fraction of sp³-hybridized carbons (Fsp3) is 0.588. The van der Waals surface area contributed by atoms with Crippen LogP contribution < -0.4 is 5.32 Å². The first-order valence-corrected chi connectivity index (χ1v) is 7.49. The van der Waals surface area contributed by atoms with Crippen molar-refractivity contribution in [3.05, 3.63) is 35.4 Å². The lowest BCUT2D eigenvalue weighted by Crippen LogP contribution is -2.37. The van der Waals surface area contributed by atoms with Crippen LogP contribution in [0.4, 0.5) is 0 Å². The van der Waals surface area contributed by atoms with Crippen molar-refractivity contribution in [1.82, 2.24) is 5.32 Å². The molecule has 1 aliphatic carbocycles. The maximum Gasteiger partial charge on any atom is 0.312 e. The average Bonchev–Trinajstić information content (AvgIpc) is 3.24. The van der Waals surface area contributed by atoms with E-state index in [2.05, 4.69) is 29.6 Å². The lowest BCUT2D eigenvalue weighted by atomic mass is 9.93. The molecular formula is C17H25NO2. The molecule has 1 N–H and O–H groups in total. The van der Waals surface area contributed by atoms with E-state index >= 15 is 0 Å². The van der Waals surface area contributed by atoms with Gasteiger partial charge in [-0.15, -0.1) is 0 Å². The van der Waals surface area contributed by atoms with E-state index in [0.29, 0.717) is 13.2 Å². The quantitative estimate of drug-likeness (QED) is 0.776. The molecule has 0 bridgehead atoms. The standard InChI is InChI=1S/C17H25NO2/c1-4-20-16(19)17(2,3)12-18-11-13-5-7-14(8-6-13)15-9-10-15/h5-8,15,18H,4,9-12H2,1-3H3. The molecule has 1 aromatic rings. The van der Waals surface area contributed by atoms with Crippen LogP contribution in [0.1, 0.15) is 50.7 Å². The fourth-order valence-corrected chi connectivity index (χ4v) is 2.24. The Labute approximate surface area is 121 Å². The molecule has 0 aromatic heterocycles. The predicted molar refractivity (Wildman–Crippen MR) is 80.5 cm³/mol. The van der Waals surface area contributed by atoms with Gasteiger partial charge in [-0.1, -0.05) is 24.3 Å². The van der Waals surface area contributed by atoms with Gasteiger partial charge in [0.15, 0.2) is 0 Å². The molecule has 2 rings (SSSR count). The van der Waals surface area contributed by atoms with Crippen molar-refractivity contribution in [3.63, 3.8) is 0 Å². The largest absolute Gasteiger partial charge is 0.466 e. The van der Waals surface area contributed by atoms with Crippen LogP contribution in [0.5, 0.6) is 0 Å². The number of carbonyl (C=O) groups excluding carboxylic acids is 1. The summed E-state index contributed by atoms with van der Waals surface area (Å²) < 4.78 is 5.08. The van der Waals surface area contributed by atoms with Gasteiger partial charge in [-0.2, -0.15) is 0 Å². The van der Waals surface area contributed by atoms with E-state index in [-0.39, 0.29) is 5.97 Å². The first kappa shape index (κ1) is 15.0. The Balaban J connectivity index is 1.78. The molecule has 0 aliphatic heterocycles. The van der Waals surface area contributed by atoms with E-state index < -0.39 is 5.41 Å². The summed E-state index contributed by atoms with van der Waals surface area (Å²) in [6.45, 7) is 7.50. The van der Waals surface area contributed by atoms with Crippen molar-refractivity contribution < 1.29 is 9.53 Å². The zero-order chi connectivity index (χ0) is 14.6. The summed E-state index contributed by atoms with van der Waals surface area (Å²) in [4.78, 5) is 11.8. The van der Waals surface area contributed by atoms with Gasteiger partial charge in [0.25, 0.3) is 0 Å². The minimum absolute atomic E-state index is 0.142. The SMILES string of the molecule is CCOC(=O)C(C)(C)CNCc1ccc(C2CC2)cc1. The van der Waals surface area contributed by atoms with E-state index in [1.54, 1.807) is 0 Å². The van der Waals surface area contributed by atoms with Crippen LogP contribution in [0.15, 0.2) is 24.3 Å². The van der Waals surface area contributed by atoms with Crippen molar-refractivity contribution in [3.8, 4) is 0 Å². The van der Waals surface area contributed by atoms with Crippen molar-refractivity contribution in [2.75, 3.05) is 13.2 Å². The second-order valence-electron chi connectivity index (χ2n) is 6.22.